The summed E-state index contributed by atoms with van der Waals surface area (Å²) in [5.41, 5.74) is 0.840. The highest BCUT2D eigenvalue weighted by atomic mass is 35.5. The van der Waals surface area contributed by atoms with Crippen LogP contribution in [0.1, 0.15) is 30.9 Å². The summed E-state index contributed by atoms with van der Waals surface area (Å²) >= 11 is 12.1. The number of pyridine rings is 1. The number of nitrogens with one attached hydrogen (secondary N) is 1. The van der Waals surface area contributed by atoms with Crippen LogP contribution in [-0.2, 0) is 13.5 Å². The van der Waals surface area contributed by atoms with Gasteiger partial charge in [-0.25, -0.2) is 4.98 Å². The Balaban J connectivity index is 2.12. The summed E-state index contributed by atoms with van der Waals surface area (Å²) < 4.78 is 2.03. The molecule has 1 atom stereocenters. The van der Waals surface area contributed by atoms with E-state index in [0.717, 1.165) is 30.9 Å². The molecule has 0 spiro atoms. The molecule has 1 N–H and O–H groups in total. The van der Waals surface area contributed by atoms with Gasteiger partial charge in [-0.15, -0.1) is 0 Å². The van der Waals surface area contributed by atoms with E-state index in [9.17, 15) is 0 Å². The summed E-state index contributed by atoms with van der Waals surface area (Å²) in [5.74, 6) is 1.05. The maximum Gasteiger partial charge on any atom is 0.108 e. The van der Waals surface area contributed by atoms with Gasteiger partial charge in [-0.3, -0.25) is 4.98 Å². The van der Waals surface area contributed by atoms with Crippen molar-refractivity contribution in [2.45, 2.75) is 25.8 Å². The summed E-state index contributed by atoms with van der Waals surface area (Å²) in [5, 5.41) is 4.57. The molecule has 1 unspecified atom stereocenters. The van der Waals surface area contributed by atoms with Crippen molar-refractivity contribution in [3.05, 3.63) is 46.2 Å². The minimum absolute atomic E-state index is 0.0986. The lowest BCUT2D eigenvalue weighted by Gasteiger charge is -2.18. The van der Waals surface area contributed by atoms with Crippen LogP contribution in [0.4, 0.5) is 0 Å². The van der Waals surface area contributed by atoms with Gasteiger partial charge in [-0.05, 0) is 19.0 Å². The topological polar surface area (TPSA) is 42.7 Å². The zero-order valence-electron chi connectivity index (χ0n) is 11.6. The number of imidazole rings is 1. The van der Waals surface area contributed by atoms with E-state index in [2.05, 4.69) is 22.2 Å². The number of aryl methyl sites for hydroxylation is 2. The van der Waals surface area contributed by atoms with Crippen molar-refractivity contribution in [1.82, 2.24) is 19.9 Å². The predicted octanol–water partition coefficient (Wildman–Crippen LogP) is 3.41. The molecule has 0 fully saturated rings. The van der Waals surface area contributed by atoms with Gasteiger partial charge in [0, 0.05) is 32.1 Å². The quantitative estimate of drug-likeness (QED) is 0.889. The average molecular weight is 313 g/mol. The molecule has 0 saturated carbocycles. The molecule has 2 aromatic rings. The van der Waals surface area contributed by atoms with Gasteiger partial charge >= 0.3 is 0 Å². The highest BCUT2D eigenvalue weighted by Crippen LogP contribution is 2.26. The van der Waals surface area contributed by atoms with Crippen LogP contribution in [0.15, 0.2) is 24.7 Å². The third-order valence-corrected chi connectivity index (χ3v) is 3.70. The van der Waals surface area contributed by atoms with E-state index < -0.39 is 0 Å². The molecule has 0 aliphatic heterocycles. The summed E-state index contributed by atoms with van der Waals surface area (Å²) in [6, 6.07) is 1.83. The van der Waals surface area contributed by atoms with E-state index in [4.69, 9.17) is 23.2 Å². The molecule has 0 saturated heterocycles. The van der Waals surface area contributed by atoms with Crippen LogP contribution in [0.5, 0.6) is 0 Å². The Kier molecular flexibility index (Phi) is 5.40. The van der Waals surface area contributed by atoms with E-state index in [1.807, 2.05) is 24.0 Å². The standard InChI is InChI=1S/C14H18Cl2N4/c1-3-17-12(4-5-13-18-6-7-20(13)2)14-11(16)8-10(15)9-19-14/h6-9,12,17H,3-5H2,1-2H3. The van der Waals surface area contributed by atoms with Crippen LogP contribution in [0.25, 0.3) is 0 Å². The molecule has 0 aliphatic rings. The van der Waals surface area contributed by atoms with E-state index in [1.54, 1.807) is 12.3 Å². The van der Waals surface area contributed by atoms with Crippen LogP contribution in [-0.4, -0.2) is 21.1 Å². The first kappa shape index (κ1) is 15.3. The molecule has 108 valence electrons. The van der Waals surface area contributed by atoms with Gasteiger partial charge in [0.05, 0.1) is 21.8 Å². The minimum atomic E-state index is 0.0986. The zero-order chi connectivity index (χ0) is 14.5. The first-order valence-corrected chi connectivity index (χ1v) is 7.38. The van der Waals surface area contributed by atoms with Gasteiger partial charge in [-0.1, -0.05) is 30.1 Å². The Morgan fingerprint density at radius 3 is 2.75 bits per heavy atom. The molecule has 4 nitrogen and oxygen atoms in total. The molecular formula is C14H18Cl2N4. The molecule has 2 aromatic heterocycles. The number of rotatable bonds is 6. The van der Waals surface area contributed by atoms with Gasteiger partial charge in [0.1, 0.15) is 5.82 Å². The smallest absolute Gasteiger partial charge is 0.108 e. The average Bonchev–Trinajstić information content (AvgIpc) is 2.81. The number of aromatic nitrogens is 3. The van der Waals surface area contributed by atoms with Crippen LogP contribution < -0.4 is 5.32 Å². The third-order valence-electron chi connectivity index (χ3n) is 3.19. The van der Waals surface area contributed by atoms with Crippen LogP contribution >= 0.6 is 23.2 Å². The van der Waals surface area contributed by atoms with Crippen LogP contribution in [0.2, 0.25) is 10.0 Å². The monoisotopic (exact) mass is 312 g/mol. The Morgan fingerprint density at radius 2 is 2.15 bits per heavy atom. The third kappa shape index (κ3) is 3.72. The van der Waals surface area contributed by atoms with Crippen LogP contribution in [0.3, 0.4) is 0 Å². The van der Waals surface area contributed by atoms with Gasteiger partial charge in [-0.2, -0.15) is 0 Å². The molecule has 0 aromatic carbocycles. The number of hydrogen-bond donors (Lipinski definition) is 1. The van der Waals surface area contributed by atoms with E-state index >= 15 is 0 Å². The Morgan fingerprint density at radius 1 is 1.35 bits per heavy atom. The number of hydrogen-bond acceptors (Lipinski definition) is 3. The molecule has 0 bridgehead atoms. The second-order valence-corrected chi connectivity index (χ2v) is 5.47. The second-order valence-electron chi connectivity index (χ2n) is 4.62. The van der Waals surface area contributed by atoms with Gasteiger partial charge in [0.15, 0.2) is 0 Å². The molecule has 0 radical (unpaired) electrons. The van der Waals surface area contributed by atoms with Crippen molar-refractivity contribution in [1.29, 1.82) is 0 Å². The summed E-state index contributed by atoms with van der Waals surface area (Å²) in [7, 11) is 2.00. The minimum Gasteiger partial charge on any atom is -0.338 e. The molecule has 0 aliphatic carbocycles. The molecule has 20 heavy (non-hydrogen) atoms. The number of halogens is 2. The van der Waals surface area contributed by atoms with Crippen molar-refractivity contribution in [2.75, 3.05) is 6.54 Å². The fraction of sp³-hybridized carbons (Fsp3) is 0.429. The fourth-order valence-electron chi connectivity index (χ4n) is 2.17. The lowest BCUT2D eigenvalue weighted by atomic mass is 10.1. The van der Waals surface area contributed by atoms with E-state index in [0.29, 0.717) is 10.0 Å². The largest absolute Gasteiger partial charge is 0.338 e. The Hall–Kier alpha value is -1.10. The fourth-order valence-corrected chi connectivity index (χ4v) is 2.69. The lowest BCUT2D eigenvalue weighted by Crippen LogP contribution is -2.23. The maximum absolute atomic E-state index is 6.24. The van der Waals surface area contributed by atoms with Crippen LogP contribution in [0, 0.1) is 0 Å². The van der Waals surface area contributed by atoms with Crippen molar-refractivity contribution in [2.24, 2.45) is 7.05 Å². The summed E-state index contributed by atoms with van der Waals surface area (Å²) in [6.07, 6.45) is 7.14. The van der Waals surface area contributed by atoms with Crippen molar-refractivity contribution >= 4 is 23.2 Å². The normalized spacial score (nSPS) is 12.6. The molecular weight excluding hydrogens is 295 g/mol. The highest BCUT2D eigenvalue weighted by Gasteiger charge is 2.16. The number of nitrogens with zero attached hydrogens (tertiary/aromatic N) is 3. The van der Waals surface area contributed by atoms with Crippen molar-refractivity contribution in [3.8, 4) is 0 Å². The van der Waals surface area contributed by atoms with Gasteiger partial charge in [0.25, 0.3) is 0 Å². The molecule has 2 rings (SSSR count). The first-order chi connectivity index (χ1) is 9.61. The summed E-state index contributed by atoms with van der Waals surface area (Å²) in [4.78, 5) is 8.70. The molecule has 2 heterocycles. The Bertz CT molecular complexity index is 568. The lowest BCUT2D eigenvalue weighted by molar-refractivity contribution is 0.495. The molecule has 0 amide bonds. The van der Waals surface area contributed by atoms with E-state index in [1.165, 1.54) is 0 Å². The predicted molar refractivity (Wildman–Crippen MR) is 82.2 cm³/mol. The molecule has 6 heteroatoms. The zero-order valence-corrected chi connectivity index (χ0v) is 13.1. The van der Waals surface area contributed by atoms with E-state index in [-0.39, 0.29) is 6.04 Å². The Labute approximate surface area is 129 Å². The highest BCUT2D eigenvalue weighted by molar-refractivity contribution is 6.34. The van der Waals surface area contributed by atoms with Crippen molar-refractivity contribution < 1.29 is 0 Å². The van der Waals surface area contributed by atoms with Gasteiger partial charge in [0.2, 0.25) is 0 Å². The summed E-state index contributed by atoms with van der Waals surface area (Å²) in [6.45, 7) is 2.92. The first-order valence-electron chi connectivity index (χ1n) is 6.62. The van der Waals surface area contributed by atoms with Gasteiger partial charge < -0.3 is 9.88 Å². The second kappa shape index (κ2) is 7.07. The van der Waals surface area contributed by atoms with Crippen molar-refractivity contribution in [3.63, 3.8) is 0 Å². The SMILES string of the molecule is CCNC(CCc1nccn1C)c1ncc(Cl)cc1Cl. The maximum atomic E-state index is 6.24.